The highest BCUT2D eigenvalue weighted by molar-refractivity contribution is 7.99. The normalized spacial score (nSPS) is 11.9. The van der Waals surface area contributed by atoms with E-state index in [1.165, 1.54) is 11.8 Å². The van der Waals surface area contributed by atoms with Crippen LogP contribution in [-0.4, -0.2) is 16.3 Å². The van der Waals surface area contributed by atoms with Crippen LogP contribution in [0, 0.1) is 0 Å². The van der Waals surface area contributed by atoms with Crippen molar-refractivity contribution in [1.82, 2.24) is 0 Å². The SMILES string of the molecule is CC(SCc1cccc(CO)c1)C(=O)OCc1ccccc1. The molecule has 4 heteroatoms. The van der Waals surface area contributed by atoms with E-state index in [9.17, 15) is 4.79 Å². The summed E-state index contributed by atoms with van der Waals surface area (Å²) in [6.45, 7) is 2.20. The number of aliphatic hydroxyl groups is 1. The van der Waals surface area contributed by atoms with Gasteiger partial charge >= 0.3 is 5.97 Å². The minimum absolute atomic E-state index is 0.0349. The van der Waals surface area contributed by atoms with Gasteiger partial charge in [-0.3, -0.25) is 4.79 Å². The number of thioether (sulfide) groups is 1. The molecule has 0 saturated heterocycles. The molecule has 0 aliphatic rings. The van der Waals surface area contributed by atoms with Gasteiger partial charge in [-0.25, -0.2) is 0 Å². The van der Waals surface area contributed by atoms with Crippen molar-refractivity contribution in [2.24, 2.45) is 0 Å². The Morgan fingerprint density at radius 2 is 1.77 bits per heavy atom. The molecule has 0 heterocycles. The average Bonchev–Trinajstić information content (AvgIpc) is 2.58. The molecule has 1 atom stereocenters. The van der Waals surface area contributed by atoms with Crippen LogP contribution in [0.5, 0.6) is 0 Å². The third-order valence-electron chi connectivity index (χ3n) is 3.23. The first-order chi connectivity index (χ1) is 10.7. The van der Waals surface area contributed by atoms with Crippen LogP contribution in [0.15, 0.2) is 54.6 Å². The monoisotopic (exact) mass is 316 g/mol. The van der Waals surface area contributed by atoms with Crippen molar-refractivity contribution in [3.8, 4) is 0 Å². The average molecular weight is 316 g/mol. The van der Waals surface area contributed by atoms with Gasteiger partial charge in [-0.15, -0.1) is 11.8 Å². The van der Waals surface area contributed by atoms with Gasteiger partial charge in [0.25, 0.3) is 0 Å². The molecule has 0 aliphatic carbocycles. The van der Waals surface area contributed by atoms with E-state index in [0.717, 1.165) is 22.4 Å². The first kappa shape index (κ1) is 16.6. The Balaban J connectivity index is 1.78. The fourth-order valence-corrected chi connectivity index (χ4v) is 2.78. The third kappa shape index (κ3) is 5.20. The summed E-state index contributed by atoms with van der Waals surface area (Å²) in [5.41, 5.74) is 2.97. The molecule has 2 aromatic rings. The second-order valence-electron chi connectivity index (χ2n) is 5.02. The Labute approximate surface area is 135 Å². The van der Waals surface area contributed by atoms with Gasteiger partial charge in [-0.05, 0) is 23.6 Å². The minimum Gasteiger partial charge on any atom is -0.460 e. The lowest BCUT2D eigenvalue weighted by molar-refractivity contribution is -0.143. The van der Waals surface area contributed by atoms with Crippen LogP contribution >= 0.6 is 11.8 Å². The fourth-order valence-electron chi connectivity index (χ4n) is 1.95. The van der Waals surface area contributed by atoms with E-state index in [2.05, 4.69) is 0 Å². The number of rotatable bonds is 7. The number of hydrogen-bond acceptors (Lipinski definition) is 4. The van der Waals surface area contributed by atoms with E-state index >= 15 is 0 Å². The van der Waals surface area contributed by atoms with Gasteiger partial charge in [-0.2, -0.15) is 0 Å². The maximum atomic E-state index is 12.0. The highest BCUT2D eigenvalue weighted by atomic mass is 32.2. The van der Waals surface area contributed by atoms with E-state index in [4.69, 9.17) is 9.84 Å². The molecule has 0 radical (unpaired) electrons. The number of carbonyl (C=O) groups is 1. The predicted molar refractivity (Wildman–Crippen MR) is 89.4 cm³/mol. The molecule has 0 amide bonds. The molecule has 2 rings (SSSR count). The summed E-state index contributed by atoms with van der Waals surface area (Å²) in [4.78, 5) is 12.0. The van der Waals surface area contributed by atoms with Gasteiger partial charge in [0, 0.05) is 5.75 Å². The van der Waals surface area contributed by atoms with E-state index in [1.807, 2.05) is 61.5 Å². The molecule has 22 heavy (non-hydrogen) atoms. The summed E-state index contributed by atoms with van der Waals surface area (Å²) in [5.74, 6) is 0.516. The van der Waals surface area contributed by atoms with Gasteiger partial charge in [0.15, 0.2) is 0 Å². The minimum atomic E-state index is -0.221. The maximum absolute atomic E-state index is 12.0. The van der Waals surface area contributed by atoms with Crippen LogP contribution in [0.2, 0.25) is 0 Å². The van der Waals surface area contributed by atoms with Crippen molar-refractivity contribution >= 4 is 17.7 Å². The Kier molecular flexibility index (Phi) is 6.49. The highest BCUT2D eigenvalue weighted by Crippen LogP contribution is 2.20. The van der Waals surface area contributed by atoms with Crippen molar-refractivity contribution in [3.05, 3.63) is 71.3 Å². The highest BCUT2D eigenvalue weighted by Gasteiger charge is 2.15. The number of carbonyl (C=O) groups excluding carboxylic acids is 1. The molecule has 1 unspecified atom stereocenters. The maximum Gasteiger partial charge on any atom is 0.319 e. The van der Waals surface area contributed by atoms with Crippen molar-refractivity contribution in [2.45, 2.75) is 31.1 Å². The van der Waals surface area contributed by atoms with Gasteiger partial charge in [0.2, 0.25) is 0 Å². The smallest absolute Gasteiger partial charge is 0.319 e. The molecule has 1 N–H and O–H groups in total. The second kappa shape index (κ2) is 8.61. The largest absolute Gasteiger partial charge is 0.460 e. The zero-order chi connectivity index (χ0) is 15.8. The van der Waals surface area contributed by atoms with Gasteiger partial charge < -0.3 is 9.84 Å². The van der Waals surface area contributed by atoms with E-state index in [-0.39, 0.29) is 17.8 Å². The van der Waals surface area contributed by atoms with E-state index < -0.39 is 0 Å². The van der Waals surface area contributed by atoms with Crippen LogP contribution < -0.4 is 0 Å². The lowest BCUT2D eigenvalue weighted by Gasteiger charge is -2.11. The number of ether oxygens (including phenoxy) is 1. The van der Waals surface area contributed by atoms with Gasteiger partial charge in [0.05, 0.1) is 11.9 Å². The molecule has 0 saturated carbocycles. The van der Waals surface area contributed by atoms with Crippen LogP contribution in [0.4, 0.5) is 0 Å². The van der Waals surface area contributed by atoms with Crippen LogP contribution in [0.25, 0.3) is 0 Å². The van der Waals surface area contributed by atoms with E-state index in [0.29, 0.717) is 6.61 Å². The van der Waals surface area contributed by atoms with E-state index in [1.54, 1.807) is 0 Å². The second-order valence-corrected chi connectivity index (χ2v) is 6.35. The van der Waals surface area contributed by atoms with Crippen molar-refractivity contribution < 1.29 is 14.6 Å². The van der Waals surface area contributed by atoms with Crippen molar-refractivity contribution in [2.75, 3.05) is 0 Å². The third-order valence-corrected chi connectivity index (χ3v) is 4.42. The zero-order valence-electron chi connectivity index (χ0n) is 12.6. The molecule has 2 aromatic carbocycles. The van der Waals surface area contributed by atoms with Crippen molar-refractivity contribution in [3.63, 3.8) is 0 Å². The fraction of sp³-hybridized carbons (Fsp3) is 0.278. The summed E-state index contributed by atoms with van der Waals surface area (Å²) >= 11 is 1.54. The Morgan fingerprint density at radius 1 is 1.09 bits per heavy atom. The zero-order valence-corrected chi connectivity index (χ0v) is 13.4. The molecule has 0 aliphatic heterocycles. The predicted octanol–water partition coefficient (Wildman–Crippen LogP) is 3.54. The number of benzene rings is 2. The molecule has 116 valence electrons. The standard InChI is InChI=1S/C18H20O3S/c1-14(18(20)21-12-15-6-3-2-4-7-15)22-13-17-9-5-8-16(10-17)11-19/h2-10,14,19H,11-13H2,1H3. The van der Waals surface area contributed by atoms with Gasteiger partial charge in [0.1, 0.15) is 6.61 Å². The van der Waals surface area contributed by atoms with Crippen LogP contribution in [0.1, 0.15) is 23.6 Å². The number of hydrogen-bond donors (Lipinski definition) is 1. The Morgan fingerprint density at radius 3 is 2.50 bits per heavy atom. The molecular formula is C18H20O3S. The molecule has 0 fully saturated rings. The lowest BCUT2D eigenvalue weighted by Crippen LogP contribution is -2.17. The quantitative estimate of drug-likeness (QED) is 0.794. The summed E-state index contributed by atoms with van der Waals surface area (Å²) < 4.78 is 5.32. The van der Waals surface area contributed by atoms with Crippen LogP contribution in [0.3, 0.4) is 0 Å². The summed E-state index contributed by atoms with van der Waals surface area (Å²) in [7, 11) is 0. The first-order valence-electron chi connectivity index (χ1n) is 7.20. The Hall–Kier alpha value is -1.78. The molecule has 0 aromatic heterocycles. The molecule has 0 bridgehead atoms. The molecular weight excluding hydrogens is 296 g/mol. The Bertz CT molecular complexity index is 598. The summed E-state index contributed by atoms with van der Waals surface area (Å²) in [5, 5.41) is 8.90. The summed E-state index contributed by atoms with van der Waals surface area (Å²) in [6.07, 6.45) is 0. The lowest BCUT2D eigenvalue weighted by atomic mass is 10.1. The number of esters is 1. The molecule has 3 nitrogen and oxygen atoms in total. The first-order valence-corrected chi connectivity index (χ1v) is 8.25. The topological polar surface area (TPSA) is 46.5 Å². The van der Waals surface area contributed by atoms with Gasteiger partial charge in [-0.1, -0.05) is 54.6 Å². The van der Waals surface area contributed by atoms with Crippen LogP contribution in [-0.2, 0) is 28.5 Å². The number of aliphatic hydroxyl groups excluding tert-OH is 1. The summed E-state index contributed by atoms with van der Waals surface area (Å²) in [6, 6.07) is 17.4. The molecule has 0 spiro atoms. The van der Waals surface area contributed by atoms with Crippen molar-refractivity contribution in [1.29, 1.82) is 0 Å².